The Hall–Kier alpha value is -0.880. The highest BCUT2D eigenvalue weighted by atomic mass is 32.2. The minimum atomic E-state index is -3.34. The van der Waals surface area contributed by atoms with Gasteiger partial charge in [-0.05, 0) is 25.7 Å². The fraction of sp³-hybridized carbons (Fsp3) is 0.727. The molecule has 1 aliphatic heterocycles. The van der Waals surface area contributed by atoms with Crippen LogP contribution in [0.2, 0.25) is 0 Å². The molecule has 1 fully saturated rings. The summed E-state index contributed by atoms with van der Waals surface area (Å²) in [6.07, 6.45) is 4.60. The van der Waals surface area contributed by atoms with Gasteiger partial charge in [0.1, 0.15) is 4.90 Å². The summed E-state index contributed by atoms with van der Waals surface area (Å²) in [6, 6.07) is 0. The summed E-state index contributed by atoms with van der Waals surface area (Å²) in [5.74, 6) is 0.516. The zero-order valence-electron chi connectivity index (χ0n) is 10.3. The van der Waals surface area contributed by atoms with Crippen molar-refractivity contribution in [3.05, 3.63) is 11.9 Å². The van der Waals surface area contributed by atoms with Crippen LogP contribution in [0.4, 0.5) is 0 Å². The molecule has 2 rings (SSSR count). The molecule has 0 saturated carbocycles. The number of hydrogen-bond acceptors (Lipinski definition) is 3. The quantitative estimate of drug-likeness (QED) is 0.889. The summed E-state index contributed by atoms with van der Waals surface area (Å²) in [4.78, 5) is 0.314. The molecule has 0 aliphatic carbocycles. The molecular weight excluding hydrogens is 238 g/mol. The van der Waals surface area contributed by atoms with Crippen LogP contribution < -0.4 is 0 Å². The van der Waals surface area contributed by atoms with Gasteiger partial charge < -0.3 is 0 Å². The Kier molecular flexibility index (Phi) is 3.53. The molecule has 2 heterocycles. The minimum Gasteiger partial charge on any atom is -0.281 e. The molecule has 0 amide bonds. The number of nitrogens with one attached hydrogen (secondary N) is 1. The Morgan fingerprint density at radius 3 is 2.94 bits per heavy atom. The second kappa shape index (κ2) is 4.78. The molecule has 1 aliphatic rings. The summed E-state index contributed by atoms with van der Waals surface area (Å²) >= 11 is 0. The molecule has 6 heteroatoms. The van der Waals surface area contributed by atoms with Crippen molar-refractivity contribution in [2.45, 2.75) is 38.0 Å². The predicted octanol–water partition coefficient (Wildman–Crippen LogP) is 1.53. The fourth-order valence-electron chi connectivity index (χ4n) is 2.40. The van der Waals surface area contributed by atoms with Crippen molar-refractivity contribution >= 4 is 10.0 Å². The molecule has 1 saturated heterocycles. The van der Waals surface area contributed by atoms with Gasteiger partial charge in [-0.1, -0.05) is 13.3 Å². The van der Waals surface area contributed by atoms with E-state index in [1.807, 2.05) is 0 Å². The van der Waals surface area contributed by atoms with Crippen LogP contribution >= 0.6 is 0 Å². The van der Waals surface area contributed by atoms with Gasteiger partial charge in [0.25, 0.3) is 0 Å². The molecule has 5 nitrogen and oxygen atoms in total. The summed E-state index contributed by atoms with van der Waals surface area (Å²) in [5.41, 5.74) is 0.615. The number of H-pyrrole nitrogens is 1. The molecule has 1 N–H and O–H groups in total. The van der Waals surface area contributed by atoms with E-state index in [0.29, 0.717) is 29.6 Å². The predicted molar refractivity (Wildman–Crippen MR) is 65.1 cm³/mol. The number of aryl methyl sites for hydroxylation is 1. The Balaban J connectivity index is 2.16. The zero-order chi connectivity index (χ0) is 12.5. The average Bonchev–Trinajstić information content (AvgIpc) is 2.87. The first-order valence-electron chi connectivity index (χ1n) is 6.05. The van der Waals surface area contributed by atoms with E-state index in [2.05, 4.69) is 17.1 Å². The molecule has 96 valence electrons. The van der Waals surface area contributed by atoms with Crippen molar-refractivity contribution in [3.8, 4) is 0 Å². The molecular formula is C11H19N3O2S. The molecule has 1 unspecified atom stereocenters. The third kappa shape index (κ3) is 2.37. The highest BCUT2D eigenvalue weighted by Crippen LogP contribution is 2.27. The van der Waals surface area contributed by atoms with Gasteiger partial charge in [0.15, 0.2) is 0 Å². The van der Waals surface area contributed by atoms with E-state index in [4.69, 9.17) is 0 Å². The maximum Gasteiger partial charge on any atom is 0.246 e. The van der Waals surface area contributed by atoms with Gasteiger partial charge in [0.2, 0.25) is 10.0 Å². The third-order valence-corrected chi connectivity index (χ3v) is 5.33. The van der Waals surface area contributed by atoms with Gasteiger partial charge in [0, 0.05) is 13.1 Å². The number of nitrogens with zero attached hydrogens (tertiary/aromatic N) is 2. The minimum absolute atomic E-state index is 0.314. The van der Waals surface area contributed by atoms with Crippen LogP contribution in [0.3, 0.4) is 0 Å². The number of rotatable bonds is 4. The summed E-state index contributed by atoms with van der Waals surface area (Å²) in [5, 5.41) is 6.46. The first-order valence-corrected chi connectivity index (χ1v) is 7.49. The Morgan fingerprint density at radius 1 is 1.59 bits per heavy atom. The lowest BCUT2D eigenvalue weighted by Crippen LogP contribution is -2.29. The van der Waals surface area contributed by atoms with Gasteiger partial charge in [-0.2, -0.15) is 9.40 Å². The number of aromatic nitrogens is 2. The van der Waals surface area contributed by atoms with Crippen LogP contribution in [-0.2, 0) is 10.0 Å². The summed E-state index contributed by atoms with van der Waals surface area (Å²) in [7, 11) is -3.34. The van der Waals surface area contributed by atoms with E-state index < -0.39 is 10.0 Å². The van der Waals surface area contributed by atoms with Crippen LogP contribution in [-0.4, -0.2) is 36.0 Å². The molecule has 17 heavy (non-hydrogen) atoms. The van der Waals surface area contributed by atoms with Gasteiger partial charge >= 0.3 is 0 Å². The second-order valence-corrected chi connectivity index (χ2v) is 6.57. The average molecular weight is 257 g/mol. The normalized spacial score (nSPS) is 22.1. The summed E-state index contributed by atoms with van der Waals surface area (Å²) < 4.78 is 26.3. The Bertz CT molecular complexity index is 481. The van der Waals surface area contributed by atoms with E-state index in [1.54, 1.807) is 11.2 Å². The van der Waals surface area contributed by atoms with Crippen LogP contribution in [0.25, 0.3) is 0 Å². The van der Waals surface area contributed by atoms with Gasteiger partial charge in [-0.25, -0.2) is 8.42 Å². The fourth-order valence-corrected chi connectivity index (χ4v) is 4.05. The molecule has 0 radical (unpaired) electrons. The van der Waals surface area contributed by atoms with E-state index in [-0.39, 0.29) is 0 Å². The standard InChI is InChI=1S/C11H19N3O2S/c1-3-4-10-5-6-14(8-10)17(15,16)11-7-12-13-9(11)2/h7,10H,3-6,8H2,1-2H3,(H,12,13). The van der Waals surface area contributed by atoms with Crippen molar-refractivity contribution < 1.29 is 8.42 Å². The highest BCUT2D eigenvalue weighted by Gasteiger charge is 2.33. The molecule has 1 aromatic heterocycles. The first kappa shape index (κ1) is 12.6. The molecule has 0 spiro atoms. The van der Waals surface area contributed by atoms with E-state index in [9.17, 15) is 8.42 Å². The third-order valence-electron chi connectivity index (χ3n) is 3.35. The lowest BCUT2D eigenvalue weighted by Gasteiger charge is -2.15. The Morgan fingerprint density at radius 2 is 2.35 bits per heavy atom. The lowest BCUT2D eigenvalue weighted by atomic mass is 10.0. The van der Waals surface area contributed by atoms with Crippen LogP contribution in [0.15, 0.2) is 11.1 Å². The SMILES string of the molecule is CCCC1CCN(S(=O)(=O)c2cn[nH]c2C)C1. The Labute approximate surface area is 102 Å². The smallest absolute Gasteiger partial charge is 0.246 e. The molecule has 1 atom stereocenters. The maximum absolute atomic E-state index is 12.3. The number of aromatic amines is 1. The van der Waals surface area contributed by atoms with Gasteiger partial charge in [-0.15, -0.1) is 0 Å². The topological polar surface area (TPSA) is 66.1 Å². The number of sulfonamides is 1. The van der Waals surface area contributed by atoms with Crippen LogP contribution in [0.5, 0.6) is 0 Å². The highest BCUT2D eigenvalue weighted by molar-refractivity contribution is 7.89. The number of hydrogen-bond donors (Lipinski definition) is 1. The lowest BCUT2D eigenvalue weighted by molar-refractivity contribution is 0.444. The van der Waals surface area contributed by atoms with E-state index >= 15 is 0 Å². The van der Waals surface area contributed by atoms with Gasteiger partial charge in [-0.3, -0.25) is 5.10 Å². The maximum atomic E-state index is 12.3. The van der Waals surface area contributed by atoms with Crippen molar-refractivity contribution in [1.29, 1.82) is 0 Å². The molecule has 1 aromatic rings. The molecule has 0 bridgehead atoms. The van der Waals surface area contributed by atoms with E-state index in [0.717, 1.165) is 19.3 Å². The van der Waals surface area contributed by atoms with Crippen molar-refractivity contribution in [2.24, 2.45) is 5.92 Å². The summed E-state index contributed by atoms with van der Waals surface area (Å²) in [6.45, 7) is 5.16. The van der Waals surface area contributed by atoms with E-state index in [1.165, 1.54) is 6.20 Å². The first-order chi connectivity index (χ1) is 8.05. The monoisotopic (exact) mass is 257 g/mol. The van der Waals surface area contributed by atoms with Crippen LogP contribution in [0.1, 0.15) is 31.9 Å². The van der Waals surface area contributed by atoms with Crippen molar-refractivity contribution in [3.63, 3.8) is 0 Å². The molecule has 0 aromatic carbocycles. The zero-order valence-corrected chi connectivity index (χ0v) is 11.1. The second-order valence-electron chi connectivity index (χ2n) is 4.67. The van der Waals surface area contributed by atoms with Crippen molar-refractivity contribution in [1.82, 2.24) is 14.5 Å². The largest absolute Gasteiger partial charge is 0.281 e. The van der Waals surface area contributed by atoms with Gasteiger partial charge in [0.05, 0.1) is 11.9 Å². The van der Waals surface area contributed by atoms with Crippen molar-refractivity contribution in [2.75, 3.05) is 13.1 Å². The van der Waals surface area contributed by atoms with Crippen LogP contribution in [0, 0.1) is 12.8 Å².